The first-order chi connectivity index (χ1) is 6.84. The van der Waals surface area contributed by atoms with Crippen molar-refractivity contribution in [2.75, 3.05) is 13.2 Å². The van der Waals surface area contributed by atoms with Crippen LogP contribution in [0.25, 0.3) is 0 Å². The van der Waals surface area contributed by atoms with E-state index >= 15 is 0 Å². The molecule has 0 aliphatic heterocycles. The van der Waals surface area contributed by atoms with Gasteiger partial charge in [0.2, 0.25) is 5.28 Å². The fraction of sp³-hybridized carbons (Fsp3) is 0.778. The van der Waals surface area contributed by atoms with Crippen molar-refractivity contribution in [3.63, 3.8) is 0 Å². The number of unbranched alkanes of at least 4 members (excludes halogenated alkanes) is 1. The summed E-state index contributed by atoms with van der Waals surface area (Å²) in [6.45, 7) is 4.60. The fourth-order valence-corrected chi connectivity index (χ4v) is 1.25. The highest BCUT2D eigenvalue weighted by atomic mass is 35.5. The predicted octanol–water partition coefficient (Wildman–Crippen LogP) is 2.14. The molecule has 14 heavy (non-hydrogen) atoms. The van der Waals surface area contributed by atoms with Gasteiger partial charge in [-0.1, -0.05) is 13.3 Å². The fourth-order valence-electron chi connectivity index (χ4n) is 1.08. The van der Waals surface area contributed by atoms with Crippen molar-refractivity contribution in [3.8, 4) is 0 Å². The van der Waals surface area contributed by atoms with E-state index in [1.54, 1.807) is 6.33 Å². The Bertz CT molecular complexity index is 252. The van der Waals surface area contributed by atoms with Gasteiger partial charge in [0.1, 0.15) is 6.33 Å². The standard InChI is InChI=1S/C9H16ClN3O/c1-2-3-6-14-7-4-5-13-8-11-12-9(13)10/h8H,2-7H2,1H3. The van der Waals surface area contributed by atoms with Gasteiger partial charge in [-0.05, 0) is 24.4 Å². The molecule has 0 radical (unpaired) electrons. The van der Waals surface area contributed by atoms with E-state index in [0.29, 0.717) is 5.28 Å². The number of aromatic nitrogens is 3. The third-order valence-corrected chi connectivity index (χ3v) is 2.19. The van der Waals surface area contributed by atoms with Crippen molar-refractivity contribution in [1.29, 1.82) is 0 Å². The first-order valence-corrected chi connectivity index (χ1v) is 5.33. The molecule has 0 amide bonds. The summed E-state index contributed by atoms with van der Waals surface area (Å²) in [5.74, 6) is 0. The van der Waals surface area contributed by atoms with Crippen molar-refractivity contribution < 1.29 is 4.74 Å². The molecule has 0 spiro atoms. The van der Waals surface area contributed by atoms with Crippen LogP contribution in [-0.4, -0.2) is 28.0 Å². The highest BCUT2D eigenvalue weighted by molar-refractivity contribution is 6.28. The largest absolute Gasteiger partial charge is 0.381 e. The van der Waals surface area contributed by atoms with E-state index in [1.165, 1.54) is 6.42 Å². The van der Waals surface area contributed by atoms with Crippen molar-refractivity contribution in [2.45, 2.75) is 32.7 Å². The monoisotopic (exact) mass is 217 g/mol. The molecular weight excluding hydrogens is 202 g/mol. The summed E-state index contributed by atoms with van der Waals surface area (Å²) in [7, 11) is 0. The zero-order chi connectivity index (χ0) is 10.2. The van der Waals surface area contributed by atoms with Gasteiger partial charge in [0.05, 0.1) is 0 Å². The Morgan fingerprint density at radius 1 is 1.43 bits per heavy atom. The third kappa shape index (κ3) is 4.07. The van der Waals surface area contributed by atoms with E-state index in [0.717, 1.165) is 32.6 Å². The average Bonchev–Trinajstić information content (AvgIpc) is 2.58. The second-order valence-electron chi connectivity index (χ2n) is 3.11. The Morgan fingerprint density at radius 2 is 2.21 bits per heavy atom. The van der Waals surface area contributed by atoms with Crippen LogP contribution in [0.1, 0.15) is 26.2 Å². The van der Waals surface area contributed by atoms with Crippen LogP contribution < -0.4 is 0 Å². The summed E-state index contributed by atoms with van der Waals surface area (Å²) in [6.07, 6.45) is 4.89. The molecule has 0 unspecified atom stereocenters. The van der Waals surface area contributed by atoms with E-state index in [2.05, 4.69) is 17.1 Å². The normalized spacial score (nSPS) is 10.7. The smallest absolute Gasteiger partial charge is 0.224 e. The predicted molar refractivity (Wildman–Crippen MR) is 55.4 cm³/mol. The van der Waals surface area contributed by atoms with Crippen LogP contribution in [0.4, 0.5) is 0 Å². The van der Waals surface area contributed by atoms with Crippen molar-refractivity contribution in [1.82, 2.24) is 14.8 Å². The number of ether oxygens (including phenoxy) is 1. The average molecular weight is 218 g/mol. The van der Waals surface area contributed by atoms with Crippen LogP contribution in [0.5, 0.6) is 0 Å². The van der Waals surface area contributed by atoms with Gasteiger partial charge in [-0.15, -0.1) is 10.2 Å². The van der Waals surface area contributed by atoms with Gasteiger partial charge >= 0.3 is 0 Å². The lowest BCUT2D eigenvalue weighted by Crippen LogP contribution is -2.02. The number of hydrogen-bond acceptors (Lipinski definition) is 3. The quantitative estimate of drug-likeness (QED) is 0.657. The minimum Gasteiger partial charge on any atom is -0.381 e. The minimum absolute atomic E-state index is 0.443. The Labute approximate surface area is 89.2 Å². The number of nitrogens with zero attached hydrogens (tertiary/aromatic N) is 3. The van der Waals surface area contributed by atoms with E-state index < -0.39 is 0 Å². The highest BCUT2D eigenvalue weighted by Gasteiger charge is 1.98. The molecule has 0 saturated carbocycles. The lowest BCUT2D eigenvalue weighted by Gasteiger charge is -2.03. The first-order valence-electron chi connectivity index (χ1n) is 4.95. The van der Waals surface area contributed by atoms with Gasteiger partial charge in [0, 0.05) is 19.8 Å². The number of halogens is 1. The lowest BCUT2D eigenvalue weighted by atomic mass is 10.4. The highest BCUT2D eigenvalue weighted by Crippen LogP contribution is 2.03. The molecule has 80 valence electrons. The van der Waals surface area contributed by atoms with Crippen LogP contribution in [0.15, 0.2) is 6.33 Å². The van der Waals surface area contributed by atoms with E-state index in [4.69, 9.17) is 16.3 Å². The number of rotatable bonds is 7. The SMILES string of the molecule is CCCCOCCCn1cnnc1Cl. The topological polar surface area (TPSA) is 39.9 Å². The number of aryl methyl sites for hydroxylation is 1. The Kier molecular flexibility index (Phi) is 5.56. The van der Waals surface area contributed by atoms with Gasteiger partial charge < -0.3 is 9.30 Å². The van der Waals surface area contributed by atoms with Crippen LogP contribution in [0.2, 0.25) is 5.28 Å². The van der Waals surface area contributed by atoms with Crippen LogP contribution in [-0.2, 0) is 11.3 Å². The summed E-state index contributed by atoms with van der Waals surface area (Å²) in [4.78, 5) is 0. The first kappa shape index (κ1) is 11.5. The van der Waals surface area contributed by atoms with Crippen LogP contribution in [0, 0.1) is 0 Å². The van der Waals surface area contributed by atoms with Gasteiger partial charge in [0.25, 0.3) is 0 Å². The molecule has 1 aromatic rings. The summed E-state index contributed by atoms with van der Waals surface area (Å²) in [6, 6.07) is 0. The van der Waals surface area contributed by atoms with Gasteiger partial charge in [-0.25, -0.2) is 0 Å². The Hall–Kier alpha value is -0.610. The zero-order valence-corrected chi connectivity index (χ0v) is 9.20. The molecular formula is C9H16ClN3O. The summed E-state index contributed by atoms with van der Waals surface area (Å²) >= 11 is 5.75. The maximum absolute atomic E-state index is 5.75. The molecule has 0 N–H and O–H groups in total. The summed E-state index contributed by atoms with van der Waals surface area (Å²) in [5, 5.41) is 7.82. The molecule has 1 rings (SSSR count). The Morgan fingerprint density at radius 3 is 2.86 bits per heavy atom. The third-order valence-electron chi connectivity index (χ3n) is 1.90. The molecule has 0 aliphatic carbocycles. The molecule has 0 bridgehead atoms. The molecule has 1 heterocycles. The van der Waals surface area contributed by atoms with Gasteiger partial charge in [-0.3, -0.25) is 0 Å². The van der Waals surface area contributed by atoms with Gasteiger partial charge in [0.15, 0.2) is 0 Å². The van der Waals surface area contributed by atoms with E-state index in [9.17, 15) is 0 Å². The molecule has 0 fully saturated rings. The molecule has 0 aliphatic rings. The van der Waals surface area contributed by atoms with Crippen molar-refractivity contribution in [3.05, 3.63) is 11.6 Å². The molecule has 0 saturated heterocycles. The maximum Gasteiger partial charge on any atom is 0.224 e. The second kappa shape index (κ2) is 6.79. The maximum atomic E-state index is 5.75. The minimum atomic E-state index is 0.443. The van der Waals surface area contributed by atoms with E-state index in [1.807, 2.05) is 4.57 Å². The van der Waals surface area contributed by atoms with Crippen molar-refractivity contribution in [2.24, 2.45) is 0 Å². The second-order valence-corrected chi connectivity index (χ2v) is 3.45. The van der Waals surface area contributed by atoms with Crippen LogP contribution in [0.3, 0.4) is 0 Å². The van der Waals surface area contributed by atoms with Gasteiger partial charge in [-0.2, -0.15) is 0 Å². The number of hydrogen-bond donors (Lipinski definition) is 0. The van der Waals surface area contributed by atoms with Crippen LogP contribution >= 0.6 is 11.6 Å². The Balaban J connectivity index is 2.02. The molecule has 4 nitrogen and oxygen atoms in total. The van der Waals surface area contributed by atoms with Crippen molar-refractivity contribution >= 4 is 11.6 Å². The zero-order valence-electron chi connectivity index (χ0n) is 8.45. The molecule has 1 aromatic heterocycles. The van der Waals surface area contributed by atoms with E-state index in [-0.39, 0.29) is 0 Å². The molecule has 0 aromatic carbocycles. The molecule has 5 heteroatoms. The molecule has 0 atom stereocenters. The summed E-state index contributed by atoms with van der Waals surface area (Å²) in [5.41, 5.74) is 0. The lowest BCUT2D eigenvalue weighted by molar-refractivity contribution is 0.126. The summed E-state index contributed by atoms with van der Waals surface area (Å²) < 4.78 is 7.23.